The summed E-state index contributed by atoms with van der Waals surface area (Å²) in [5.41, 5.74) is 0.425. The van der Waals surface area contributed by atoms with E-state index in [0.717, 1.165) is 12.8 Å². The van der Waals surface area contributed by atoms with E-state index in [-0.39, 0.29) is 5.56 Å². The standard InChI is InChI=1S/C14H18FNO2/c15-13-8-7-11(9-12(13)14(17)18)16-10-5-3-1-2-4-6-10/h7-10,16H,1-6H2,(H,17,18). The summed E-state index contributed by atoms with van der Waals surface area (Å²) in [5, 5.41) is 12.2. The molecular weight excluding hydrogens is 233 g/mol. The first-order chi connectivity index (χ1) is 8.66. The maximum Gasteiger partial charge on any atom is 0.338 e. The summed E-state index contributed by atoms with van der Waals surface area (Å²) in [5.74, 6) is -1.91. The van der Waals surface area contributed by atoms with Crippen LogP contribution in [0.3, 0.4) is 0 Å². The molecule has 3 nitrogen and oxygen atoms in total. The fraction of sp³-hybridized carbons (Fsp3) is 0.500. The van der Waals surface area contributed by atoms with Crippen LogP contribution in [0.15, 0.2) is 18.2 Å². The molecule has 98 valence electrons. The second kappa shape index (κ2) is 5.85. The lowest BCUT2D eigenvalue weighted by Crippen LogP contribution is -2.18. The van der Waals surface area contributed by atoms with Crippen LogP contribution in [-0.4, -0.2) is 17.1 Å². The molecule has 0 heterocycles. The topological polar surface area (TPSA) is 49.3 Å². The van der Waals surface area contributed by atoms with Crippen molar-refractivity contribution in [2.45, 2.75) is 44.6 Å². The van der Waals surface area contributed by atoms with E-state index in [0.29, 0.717) is 11.7 Å². The van der Waals surface area contributed by atoms with Crippen molar-refractivity contribution in [3.63, 3.8) is 0 Å². The Hall–Kier alpha value is -1.58. The lowest BCUT2D eigenvalue weighted by atomic mass is 10.1. The normalized spacial score (nSPS) is 17.2. The molecule has 2 rings (SSSR count). The second-order valence-electron chi connectivity index (χ2n) is 4.83. The van der Waals surface area contributed by atoms with Gasteiger partial charge in [-0.05, 0) is 31.0 Å². The highest BCUT2D eigenvalue weighted by Gasteiger charge is 2.14. The fourth-order valence-corrected chi connectivity index (χ4v) is 2.44. The Morgan fingerprint density at radius 2 is 1.89 bits per heavy atom. The monoisotopic (exact) mass is 251 g/mol. The third kappa shape index (κ3) is 3.22. The van der Waals surface area contributed by atoms with E-state index in [1.165, 1.54) is 37.8 Å². The molecule has 1 saturated carbocycles. The van der Waals surface area contributed by atoms with Crippen molar-refractivity contribution in [2.24, 2.45) is 0 Å². The van der Waals surface area contributed by atoms with Gasteiger partial charge in [-0.2, -0.15) is 0 Å². The Bertz CT molecular complexity index is 426. The van der Waals surface area contributed by atoms with Gasteiger partial charge in [0.25, 0.3) is 0 Å². The molecule has 1 aliphatic rings. The number of nitrogens with one attached hydrogen (secondary N) is 1. The highest BCUT2D eigenvalue weighted by atomic mass is 19.1. The van der Waals surface area contributed by atoms with Gasteiger partial charge in [-0.15, -0.1) is 0 Å². The number of anilines is 1. The minimum Gasteiger partial charge on any atom is -0.478 e. The van der Waals surface area contributed by atoms with Crippen LogP contribution in [0.2, 0.25) is 0 Å². The smallest absolute Gasteiger partial charge is 0.338 e. The van der Waals surface area contributed by atoms with Crippen molar-refractivity contribution in [3.8, 4) is 0 Å². The molecule has 0 saturated heterocycles. The van der Waals surface area contributed by atoms with E-state index in [1.807, 2.05) is 0 Å². The van der Waals surface area contributed by atoms with Crippen molar-refractivity contribution in [3.05, 3.63) is 29.6 Å². The zero-order chi connectivity index (χ0) is 13.0. The molecule has 0 unspecified atom stereocenters. The van der Waals surface area contributed by atoms with E-state index >= 15 is 0 Å². The Kier molecular flexibility index (Phi) is 4.18. The molecule has 1 aromatic rings. The number of rotatable bonds is 3. The maximum absolute atomic E-state index is 13.3. The number of aromatic carboxylic acids is 1. The number of halogens is 1. The van der Waals surface area contributed by atoms with Gasteiger partial charge in [0.05, 0.1) is 5.56 Å². The third-order valence-corrected chi connectivity index (χ3v) is 3.42. The van der Waals surface area contributed by atoms with Gasteiger partial charge in [0.15, 0.2) is 0 Å². The van der Waals surface area contributed by atoms with Gasteiger partial charge in [0.1, 0.15) is 5.82 Å². The van der Waals surface area contributed by atoms with Gasteiger partial charge >= 0.3 is 5.97 Å². The molecule has 0 radical (unpaired) electrons. The number of benzene rings is 1. The largest absolute Gasteiger partial charge is 0.478 e. The second-order valence-corrected chi connectivity index (χ2v) is 4.83. The molecule has 0 atom stereocenters. The Morgan fingerprint density at radius 3 is 2.50 bits per heavy atom. The quantitative estimate of drug-likeness (QED) is 0.806. The third-order valence-electron chi connectivity index (χ3n) is 3.42. The van der Waals surface area contributed by atoms with Crippen molar-refractivity contribution in [1.29, 1.82) is 0 Å². The predicted octanol–water partition coefficient (Wildman–Crippen LogP) is 3.66. The van der Waals surface area contributed by atoms with Crippen molar-refractivity contribution in [1.82, 2.24) is 0 Å². The number of carboxylic acid groups (broad SMARTS) is 1. The molecule has 0 aromatic heterocycles. The highest BCUT2D eigenvalue weighted by molar-refractivity contribution is 5.89. The first kappa shape index (κ1) is 12.9. The molecule has 1 fully saturated rings. The van der Waals surface area contributed by atoms with Crippen LogP contribution in [0, 0.1) is 5.82 Å². The molecule has 18 heavy (non-hydrogen) atoms. The number of carbonyl (C=O) groups is 1. The number of hydrogen-bond acceptors (Lipinski definition) is 2. The van der Waals surface area contributed by atoms with Crippen LogP contribution in [0.1, 0.15) is 48.9 Å². The molecule has 1 aliphatic carbocycles. The summed E-state index contributed by atoms with van der Waals surface area (Å²) in [6.45, 7) is 0. The molecule has 2 N–H and O–H groups in total. The summed E-state index contributed by atoms with van der Waals surface area (Å²) in [7, 11) is 0. The van der Waals surface area contributed by atoms with Crippen LogP contribution in [0.4, 0.5) is 10.1 Å². The van der Waals surface area contributed by atoms with Crippen LogP contribution in [0.25, 0.3) is 0 Å². The molecule has 0 bridgehead atoms. The van der Waals surface area contributed by atoms with Crippen molar-refractivity contribution < 1.29 is 14.3 Å². The lowest BCUT2D eigenvalue weighted by molar-refractivity contribution is 0.0692. The zero-order valence-corrected chi connectivity index (χ0v) is 10.3. The molecule has 0 amide bonds. The minimum atomic E-state index is -1.22. The first-order valence-electron chi connectivity index (χ1n) is 6.46. The summed E-state index contributed by atoms with van der Waals surface area (Å²) >= 11 is 0. The van der Waals surface area contributed by atoms with E-state index in [1.54, 1.807) is 6.07 Å². The summed E-state index contributed by atoms with van der Waals surface area (Å²) in [4.78, 5) is 10.9. The minimum absolute atomic E-state index is 0.270. The summed E-state index contributed by atoms with van der Waals surface area (Å²) < 4.78 is 13.3. The average Bonchev–Trinajstić information content (AvgIpc) is 2.60. The van der Waals surface area contributed by atoms with Crippen molar-refractivity contribution >= 4 is 11.7 Å². The van der Waals surface area contributed by atoms with Gasteiger partial charge < -0.3 is 10.4 Å². The highest BCUT2D eigenvalue weighted by Crippen LogP contribution is 2.22. The van der Waals surface area contributed by atoms with E-state index < -0.39 is 11.8 Å². The van der Waals surface area contributed by atoms with Gasteiger partial charge in [-0.1, -0.05) is 25.7 Å². The van der Waals surface area contributed by atoms with Crippen LogP contribution >= 0.6 is 0 Å². The average molecular weight is 251 g/mol. The zero-order valence-electron chi connectivity index (χ0n) is 10.3. The van der Waals surface area contributed by atoms with E-state index in [9.17, 15) is 9.18 Å². The first-order valence-corrected chi connectivity index (χ1v) is 6.46. The lowest BCUT2D eigenvalue weighted by Gasteiger charge is -2.18. The summed E-state index contributed by atoms with van der Waals surface area (Å²) in [6.07, 6.45) is 7.12. The predicted molar refractivity (Wildman–Crippen MR) is 68.5 cm³/mol. The Balaban J connectivity index is 2.08. The Morgan fingerprint density at radius 1 is 1.22 bits per heavy atom. The van der Waals surface area contributed by atoms with Crippen molar-refractivity contribution in [2.75, 3.05) is 5.32 Å². The van der Waals surface area contributed by atoms with Crippen LogP contribution in [-0.2, 0) is 0 Å². The maximum atomic E-state index is 13.3. The van der Waals surface area contributed by atoms with E-state index in [4.69, 9.17) is 5.11 Å². The van der Waals surface area contributed by atoms with Gasteiger partial charge in [-0.25, -0.2) is 9.18 Å². The number of hydrogen-bond donors (Lipinski definition) is 2. The molecule has 0 spiro atoms. The van der Waals surface area contributed by atoms with Crippen LogP contribution < -0.4 is 5.32 Å². The van der Waals surface area contributed by atoms with Crippen LogP contribution in [0.5, 0.6) is 0 Å². The molecule has 1 aromatic carbocycles. The Labute approximate surface area is 106 Å². The number of carboxylic acids is 1. The van der Waals surface area contributed by atoms with E-state index in [2.05, 4.69) is 5.32 Å². The van der Waals surface area contributed by atoms with Gasteiger partial charge in [0.2, 0.25) is 0 Å². The van der Waals surface area contributed by atoms with Gasteiger partial charge in [0, 0.05) is 11.7 Å². The summed E-state index contributed by atoms with van der Waals surface area (Å²) in [6, 6.07) is 4.57. The van der Waals surface area contributed by atoms with Gasteiger partial charge in [-0.3, -0.25) is 0 Å². The molecular formula is C14H18FNO2. The SMILES string of the molecule is O=C(O)c1cc(NC2CCCCCC2)ccc1F. The fourth-order valence-electron chi connectivity index (χ4n) is 2.44. The molecule has 0 aliphatic heterocycles. The molecule has 4 heteroatoms.